The van der Waals surface area contributed by atoms with Gasteiger partial charge in [-0.1, -0.05) is 42.5 Å². The molecule has 0 fully saturated rings. The fraction of sp³-hybridized carbons (Fsp3) is 0.217. The van der Waals surface area contributed by atoms with Gasteiger partial charge in [0.1, 0.15) is 17.5 Å². The average molecular weight is 393 g/mol. The number of nitriles is 1. The second-order valence-corrected chi connectivity index (χ2v) is 7.21. The van der Waals surface area contributed by atoms with Crippen molar-refractivity contribution in [3.05, 3.63) is 82.5 Å². The highest BCUT2D eigenvalue weighted by atomic mass is 19.4. The van der Waals surface area contributed by atoms with Gasteiger partial charge in [-0.3, -0.25) is 0 Å². The third-order valence-corrected chi connectivity index (χ3v) is 5.45. The molecule has 0 amide bonds. The number of nitrogens with zero attached hydrogens (tertiary/aromatic N) is 2. The molecule has 29 heavy (non-hydrogen) atoms. The van der Waals surface area contributed by atoms with E-state index in [9.17, 15) is 18.4 Å². The third kappa shape index (κ3) is 3.56. The minimum Gasteiger partial charge on any atom is -0.383 e. The van der Waals surface area contributed by atoms with Gasteiger partial charge in [-0.15, -0.1) is 0 Å². The zero-order valence-electron chi connectivity index (χ0n) is 15.5. The Morgan fingerprint density at radius 2 is 1.83 bits per heavy atom. The van der Waals surface area contributed by atoms with Gasteiger partial charge in [0.15, 0.2) is 0 Å². The molecule has 3 nitrogen and oxygen atoms in total. The highest BCUT2D eigenvalue weighted by Crippen LogP contribution is 2.41. The maximum Gasteiger partial charge on any atom is 0.416 e. The van der Waals surface area contributed by atoms with Gasteiger partial charge in [-0.2, -0.15) is 18.4 Å². The predicted octanol–water partition coefficient (Wildman–Crippen LogP) is 5.49. The Balaban J connectivity index is 1.89. The van der Waals surface area contributed by atoms with Crippen LogP contribution in [0.25, 0.3) is 11.1 Å². The SMILES string of the molecule is N#Cc1c(N)nc2c(c1-c1cccc(C(F)(F)F)c1)CC(c1ccccc1)CC2. The van der Waals surface area contributed by atoms with E-state index in [1.54, 1.807) is 6.07 Å². The topological polar surface area (TPSA) is 62.7 Å². The molecule has 4 rings (SSSR count). The van der Waals surface area contributed by atoms with Gasteiger partial charge in [0.2, 0.25) is 0 Å². The van der Waals surface area contributed by atoms with Gasteiger partial charge in [0.25, 0.3) is 0 Å². The van der Waals surface area contributed by atoms with E-state index in [0.717, 1.165) is 29.8 Å². The lowest BCUT2D eigenvalue weighted by Gasteiger charge is -2.27. The van der Waals surface area contributed by atoms with E-state index >= 15 is 0 Å². The standard InChI is InChI=1S/C23H18F3N3/c24-23(25,26)17-8-4-7-16(11-17)21-18-12-15(14-5-2-1-3-6-14)9-10-20(18)29-22(28)19(21)13-27/h1-8,11,15H,9-10,12H2,(H2,28,29). The first-order valence-electron chi connectivity index (χ1n) is 9.32. The monoisotopic (exact) mass is 393 g/mol. The lowest BCUT2D eigenvalue weighted by molar-refractivity contribution is -0.137. The lowest BCUT2D eigenvalue weighted by atomic mass is 9.78. The van der Waals surface area contributed by atoms with Crippen LogP contribution in [0.3, 0.4) is 0 Å². The maximum absolute atomic E-state index is 13.3. The number of hydrogen-bond acceptors (Lipinski definition) is 3. The Morgan fingerprint density at radius 3 is 2.52 bits per heavy atom. The van der Waals surface area contributed by atoms with E-state index in [2.05, 4.69) is 23.2 Å². The summed E-state index contributed by atoms with van der Waals surface area (Å²) in [5.74, 6) is 0.280. The van der Waals surface area contributed by atoms with Crippen LogP contribution < -0.4 is 5.73 Å². The molecule has 1 aliphatic rings. The summed E-state index contributed by atoms with van der Waals surface area (Å²) in [6.45, 7) is 0. The number of alkyl halides is 3. The number of rotatable bonds is 2. The average Bonchev–Trinajstić information content (AvgIpc) is 2.72. The summed E-state index contributed by atoms with van der Waals surface area (Å²) in [6.07, 6.45) is -2.32. The first-order valence-corrected chi connectivity index (χ1v) is 9.32. The molecule has 3 aromatic rings. The Bertz CT molecular complexity index is 1100. The molecule has 0 radical (unpaired) electrons. The van der Waals surface area contributed by atoms with Crippen molar-refractivity contribution < 1.29 is 13.2 Å². The van der Waals surface area contributed by atoms with Crippen molar-refractivity contribution >= 4 is 5.82 Å². The first-order chi connectivity index (χ1) is 13.9. The molecule has 1 aliphatic carbocycles. The van der Waals surface area contributed by atoms with Gasteiger partial charge in [0.05, 0.1) is 5.56 Å². The van der Waals surface area contributed by atoms with Gasteiger partial charge >= 0.3 is 6.18 Å². The van der Waals surface area contributed by atoms with E-state index in [4.69, 9.17) is 5.73 Å². The van der Waals surface area contributed by atoms with Crippen LogP contribution in [0.1, 0.15) is 40.3 Å². The second kappa shape index (κ2) is 7.25. The van der Waals surface area contributed by atoms with Crippen LogP contribution in [0.5, 0.6) is 0 Å². The molecular formula is C23H18F3N3. The Labute approximate surface area is 166 Å². The van der Waals surface area contributed by atoms with Crippen molar-refractivity contribution in [2.75, 3.05) is 5.73 Å². The molecule has 1 unspecified atom stereocenters. The highest BCUT2D eigenvalue weighted by Gasteiger charge is 2.32. The summed E-state index contributed by atoms with van der Waals surface area (Å²) in [4.78, 5) is 4.40. The number of aromatic nitrogens is 1. The Hall–Kier alpha value is -3.33. The maximum atomic E-state index is 13.3. The van der Waals surface area contributed by atoms with Gasteiger partial charge < -0.3 is 5.73 Å². The largest absolute Gasteiger partial charge is 0.416 e. The lowest BCUT2D eigenvalue weighted by Crippen LogP contribution is -2.17. The van der Waals surface area contributed by atoms with Crippen LogP contribution in [0.4, 0.5) is 19.0 Å². The Kier molecular flexibility index (Phi) is 4.75. The van der Waals surface area contributed by atoms with E-state index in [-0.39, 0.29) is 17.3 Å². The van der Waals surface area contributed by atoms with E-state index in [0.29, 0.717) is 24.0 Å². The number of benzene rings is 2. The van der Waals surface area contributed by atoms with Crippen molar-refractivity contribution in [2.45, 2.75) is 31.4 Å². The molecule has 0 saturated heterocycles. The molecule has 2 aromatic carbocycles. The number of aryl methyl sites for hydroxylation is 1. The van der Waals surface area contributed by atoms with Crippen LogP contribution in [-0.2, 0) is 19.0 Å². The minimum atomic E-state index is -4.46. The molecular weight excluding hydrogens is 375 g/mol. The zero-order chi connectivity index (χ0) is 20.6. The van der Waals surface area contributed by atoms with Gasteiger partial charge in [-0.05, 0) is 54.0 Å². The Morgan fingerprint density at radius 1 is 1.07 bits per heavy atom. The number of nitrogens with two attached hydrogens (primary N) is 1. The van der Waals surface area contributed by atoms with E-state index in [1.807, 2.05) is 18.2 Å². The molecule has 2 N–H and O–H groups in total. The molecule has 1 atom stereocenters. The summed E-state index contributed by atoms with van der Waals surface area (Å²) in [5, 5.41) is 9.68. The van der Waals surface area contributed by atoms with Crippen LogP contribution in [0, 0.1) is 11.3 Å². The summed E-state index contributed by atoms with van der Waals surface area (Å²) in [7, 11) is 0. The molecule has 0 saturated carbocycles. The molecule has 0 aliphatic heterocycles. The number of hydrogen-bond donors (Lipinski definition) is 1. The quantitative estimate of drug-likeness (QED) is 0.626. The van der Waals surface area contributed by atoms with E-state index in [1.165, 1.54) is 11.6 Å². The normalized spacial score (nSPS) is 16.1. The summed E-state index contributed by atoms with van der Waals surface area (Å²) >= 11 is 0. The van der Waals surface area contributed by atoms with Crippen LogP contribution >= 0.6 is 0 Å². The molecule has 1 heterocycles. The highest BCUT2D eigenvalue weighted by molar-refractivity contribution is 5.80. The van der Waals surface area contributed by atoms with Crippen molar-refractivity contribution in [3.8, 4) is 17.2 Å². The van der Waals surface area contributed by atoms with Gasteiger partial charge in [0, 0.05) is 11.3 Å². The van der Waals surface area contributed by atoms with Gasteiger partial charge in [-0.25, -0.2) is 4.98 Å². The van der Waals surface area contributed by atoms with Crippen LogP contribution in [0.15, 0.2) is 54.6 Å². The fourth-order valence-electron chi connectivity index (χ4n) is 4.07. The van der Waals surface area contributed by atoms with Crippen molar-refractivity contribution in [3.63, 3.8) is 0 Å². The molecule has 6 heteroatoms. The van der Waals surface area contributed by atoms with Crippen molar-refractivity contribution in [2.24, 2.45) is 0 Å². The predicted molar refractivity (Wildman–Crippen MR) is 105 cm³/mol. The summed E-state index contributed by atoms with van der Waals surface area (Å²) in [5.41, 5.74) is 8.96. The third-order valence-electron chi connectivity index (χ3n) is 5.45. The molecule has 0 spiro atoms. The summed E-state index contributed by atoms with van der Waals surface area (Å²) < 4.78 is 39.8. The number of halogens is 3. The molecule has 0 bridgehead atoms. The van der Waals surface area contributed by atoms with Crippen LogP contribution in [0.2, 0.25) is 0 Å². The minimum absolute atomic E-state index is 0.0665. The van der Waals surface area contributed by atoms with E-state index < -0.39 is 11.7 Å². The summed E-state index contributed by atoms with van der Waals surface area (Å²) in [6, 6.07) is 17.1. The number of nitrogen functional groups attached to an aromatic ring is 1. The number of pyridine rings is 1. The smallest absolute Gasteiger partial charge is 0.383 e. The number of anilines is 1. The number of fused-ring (bicyclic) bond motifs is 1. The van der Waals surface area contributed by atoms with Crippen molar-refractivity contribution in [1.29, 1.82) is 5.26 Å². The van der Waals surface area contributed by atoms with Crippen LogP contribution in [-0.4, -0.2) is 4.98 Å². The first kappa shape index (κ1) is 19.0. The zero-order valence-corrected chi connectivity index (χ0v) is 15.5. The molecule has 146 valence electrons. The molecule has 1 aromatic heterocycles. The van der Waals surface area contributed by atoms with Crippen molar-refractivity contribution in [1.82, 2.24) is 4.98 Å². The fourth-order valence-corrected chi connectivity index (χ4v) is 4.07. The second-order valence-electron chi connectivity index (χ2n) is 7.21.